The zero-order chi connectivity index (χ0) is 18.8. The molecule has 28 heavy (non-hydrogen) atoms. The summed E-state index contributed by atoms with van der Waals surface area (Å²) in [4.78, 5) is 4.91. The first-order chi connectivity index (χ1) is 13.9. The number of hydrogen-bond donors (Lipinski definition) is 1. The monoisotopic (exact) mass is 399 g/mol. The van der Waals surface area contributed by atoms with Crippen LogP contribution < -0.4 is 20.7 Å². The molecule has 0 bridgehead atoms. The molecule has 0 fully saturated rings. The van der Waals surface area contributed by atoms with Crippen LogP contribution >= 0.6 is 22.9 Å². The van der Waals surface area contributed by atoms with Crippen LogP contribution in [-0.2, 0) is 0 Å². The smallest absolute Gasteiger partial charge is 0.339 e. The van der Waals surface area contributed by atoms with E-state index < -0.39 is 5.56 Å². The third-order valence-electron chi connectivity index (χ3n) is 5.01. The molecule has 0 saturated carbocycles. The van der Waals surface area contributed by atoms with Crippen LogP contribution in [0.5, 0.6) is 0 Å². The molecule has 1 aliphatic heterocycles. The van der Waals surface area contributed by atoms with Gasteiger partial charge in [-0.25, -0.2) is 11.6 Å². The Morgan fingerprint density at radius 3 is 1.93 bits per heavy atom. The number of nitrogens with one attached hydrogen (secondary N) is 1. The van der Waals surface area contributed by atoms with E-state index in [4.69, 9.17) is 4.99 Å². The maximum atomic E-state index is 4.91. The molecule has 136 valence electrons. The van der Waals surface area contributed by atoms with Crippen LogP contribution in [0, 0.1) is 0 Å². The van der Waals surface area contributed by atoms with Crippen molar-refractivity contribution >= 4 is 55.4 Å². The van der Waals surface area contributed by atoms with Gasteiger partial charge in [-0.15, -0.1) is 10.9 Å². The highest BCUT2D eigenvalue weighted by Crippen LogP contribution is 2.31. The Balaban J connectivity index is 1.70. The van der Waals surface area contributed by atoms with E-state index >= 15 is 0 Å². The van der Waals surface area contributed by atoms with Crippen LogP contribution in [0.1, 0.15) is 0 Å². The van der Waals surface area contributed by atoms with Crippen molar-refractivity contribution in [3.63, 3.8) is 0 Å². The van der Waals surface area contributed by atoms with Gasteiger partial charge in [-0.05, 0) is 17.1 Å². The lowest BCUT2D eigenvalue weighted by atomic mass is 9.48. The molecule has 2 heterocycles. The fraction of sp³-hybridized carbons (Fsp3) is 0. The second-order valence-corrected chi connectivity index (χ2v) is 8.86. The Labute approximate surface area is 172 Å². The number of aliphatic imine (C=N–C) groups is 1. The normalized spacial score (nSPS) is 14.8. The first-order valence-electron chi connectivity index (χ1n) is 9.21. The van der Waals surface area contributed by atoms with Crippen molar-refractivity contribution in [3.05, 3.63) is 103 Å². The molecule has 0 amide bonds. The minimum Gasteiger partial charge on any atom is -0.399 e. The molecular weight excluding hydrogens is 381 g/mol. The maximum Gasteiger partial charge on any atom is 0.339 e. The summed E-state index contributed by atoms with van der Waals surface area (Å²) in [5.41, 5.74) is 2.31. The van der Waals surface area contributed by atoms with Crippen LogP contribution in [0.15, 0.2) is 108 Å². The van der Waals surface area contributed by atoms with Crippen LogP contribution in [0.25, 0.3) is 0 Å². The Morgan fingerprint density at radius 1 is 0.750 bits per heavy atom. The Kier molecular flexibility index (Phi) is 4.51. The van der Waals surface area contributed by atoms with Crippen LogP contribution in [-0.4, -0.2) is 10.7 Å². The topological polar surface area (TPSA) is 28.3 Å². The zero-order valence-corrected chi connectivity index (χ0v) is 16.7. The SMILES string of the molecule is c1ccc(NC2=Nc3scc[n+]3[B-](c3ccccc3)(c3ccccc3)S2)cc1. The number of fused-ring (bicyclic) bond motifs is 1. The van der Waals surface area contributed by atoms with Gasteiger partial charge in [0.1, 0.15) is 0 Å². The number of thiazole rings is 1. The van der Waals surface area contributed by atoms with E-state index in [1.165, 1.54) is 10.9 Å². The largest absolute Gasteiger partial charge is 0.399 e. The van der Waals surface area contributed by atoms with Crippen molar-refractivity contribution in [3.8, 4) is 0 Å². The minimum absolute atomic E-state index is 0.918. The fourth-order valence-electron chi connectivity index (χ4n) is 3.75. The predicted molar refractivity (Wildman–Crippen MR) is 123 cm³/mol. The van der Waals surface area contributed by atoms with E-state index in [1.807, 2.05) is 18.2 Å². The van der Waals surface area contributed by atoms with E-state index in [0.717, 1.165) is 16.0 Å². The van der Waals surface area contributed by atoms with Crippen molar-refractivity contribution < 1.29 is 4.48 Å². The third-order valence-corrected chi connectivity index (χ3v) is 7.31. The summed E-state index contributed by atoms with van der Waals surface area (Å²) in [7, 11) is 0. The number of amidine groups is 1. The van der Waals surface area contributed by atoms with Gasteiger partial charge in [-0.3, -0.25) is 0 Å². The van der Waals surface area contributed by atoms with Crippen LogP contribution in [0.2, 0.25) is 0 Å². The number of aromatic nitrogens is 1. The van der Waals surface area contributed by atoms with Crippen molar-refractivity contribution in [2.45, 2.75) is 0 Å². The summed E-state index contributed by atoms with van der Waals surface area (Å²) in [6, 6.07) is 31.7. The van der Waals surface area contributed by atoms with Gasteiger partial charge in [0.05, 0.1) is 6.20 Å². The van der Waals surface area contributed by atoms with E-state index in [1.54, 1.807) is 22.9 Å². The van der Waals surface area contributed by atoms with Gasteiger partial charge in [-0.1, -0.05) is 90.2 Å². The van der Waals surface area contributed by atoms with Gasteiger partial charge in [0.2, 0.25) is 5.17 Å². The molecular formula is C22H18BN3S2. The minimum atomic E-state index is -1.30. The number of para-hydroxylation sites is 1. The number of benzene rings is 3. The van der Waals surface area contributed by atoms with E-state index in [2.05, 4.69) is 94.2 Å². The van der Waals surface area contributed by atoms with Gasteiger partial charge in [0.25, 0.3) is 0 Å². The van der Waals surface area contributed by atoms with Crippen molar-refractivity contribution in [1.82, 2.24) is 0 Å². The standard InChI is InChI=1S/C22H18BN3S2/c1-4-10-18(11-5-1)23(19-12-6-2-7-13-19)26-16-17-27-22(26)25-21(28-23)24-20-14-8-3-9-15-20/h1-17H,(H,24,25). The lowest BCUT2D eigenvalue weighted by Gasteiger charge is -2.39. The lowest BCUT2D eigenvalue weighted by molar-refractivity contribution is -0.516. The Hall–Kier alpha value is -2.83. The molecule has 0 atom stereocenters. The highest BCUT2D eigenvalue weighted by molar-refractivity contribution is 8.41. The molecule has 4 aromatic rings. The molecule has 3 aromatic carbocycles. The van der Waals surface area contributed by atoms with Gasteiger partial charge in [0.15, 0.2) is 0 Å². The Morgan fingerprint density at radius 2 is 1.32 bits per heavy atom. The second-order valence-electron chi connectivity index (χ2n) is 6.68. The molecule has 0 spiro atoms. The predicted octanol–water partition coefficient (Wildman–Crippen LogP) is 3.99. The molecule has 0 unspecified atom stereocenters. The second kappa shape index (κ2) is 7.30. The molecule has 0 radical (unpaired) electrons. The van der Waals surface area contributed by atoms with Crippen molar-refractivity contribution in [1.29, 1.82) is 0 Å². The molecule has 5 rings (SSSR count). The molecule has 0 aliphatic carbocycles. The molecule has 3 nitrogen and oxygen atoms in total. The van der Waals surface area contributed by atoms with Gasteiger partial charge in [0, 0.05) is 11.1 Å². The van der Waals surface area contributed by atoms with E-state index in [9.17, 15) is 0 Å². The summed E-state index contributed by atoms with van der Waals surface area (Å²) in [5, 5.41) is 7.57. The molecule has 6 heteroatoms. The average molecular weight is 399 g/mol. The summed E-state index contributed by atoms with van der Waals surface area (Å²) in [5.74, 6) is 0. The Bertz CT molecular complexity index is 1070. The lowest BCUT2D eigenvalue weighted by Crippen LogP contribution is -2.77. The number of hydrogen-bond acceptors (Lipinski definition) is 4. The number of nitrogens with zero attached hydrogens (tertiary/aromatic N) is 2. The fourth-order valence-corrected chi connectivity index (χ4v) is 6.19. The maximum absolute atomic E-state index is 4.91. The average Bonchev–Trinajstić information content (AvgIpc) is 3.24. The highest BCUT2D eigenvalue weighted by Gasteiger charge is 2.44. The van der Waals surface area contributed by atoms with Gasteiger partial charge in [-0.2, -0.15) is 0 Å². The van der Waals surface area contributed by atoms with Crippen LogP contribution in [0.4, 0.5) is 10.8 Å². The zero-order valence-electron chi connectivity index (χ0n) is 15.1. The van der Waals surface area contributed by atoms with E-state index in [0.29, 0.717) is 0 Å². The van der Waals surface area contributed by atoms with Crippen molar-refractivity contribution in [2.24, 2.45) is 4.99 Å². The number of anilines is 1. The molecule has 0 saturated heterocycles. The van der Waals surface area contributed by atoms with Gasteiger partial charge < -0.3 is 9.79 Å². The van der Waals surface area contributed by atoms with Crippen molar-refractivity contribution in [2.75, 3.05) is 5.32 Å². The molecule has 1 N–H and O–H groups in total. The first kappa shape index (κ1) is 17.3. The summed E-state index contributed by atoms with van der Waals surface area (Å²) >= 11 is 3.47. The number of rotatable bonds is 3. The quantitative estimate of drug-likeness (QED) is 0.528. The van der Waals surface area contributed by atoms with Crippen LogP contribution in [0.3, 0.4) is 0 Å². The third kappa shape index (κ3) is 2.95. The molecule has 1 aromatic heterocycles. The summed E-state index contributed by atoms with van der Waals surface area (Å²) in [6.07, 6.45) is 2.16. The summed E-state index contributed by atoms with van der Waals surface area (Å²) in [6.45, 7) is 0. The highest BCUT2D eigenvalue weighted by atomic mass is 32.2. The van der Waals surface area contributed by atoms with Gasteiger partial charge >= 0.3 is 10.7 Å². The van der Waals surface area contributed by atoms with E-state index in [-0.39, 0.29) is 0 Å². The molecule has 1 aliphatic rings. The summed E-state index contributed by atoms with van der Waals surface area (Å²) < 4.78 is 2.34. The first-order valence-corrected chi connectivity index (χ1v) is 11.0.